The number of benzene rings is 3. The summed E-state index contributed by atoms with van der Waals surface area (Å²) in [5.74, 6) is 0.103. The summed E-state index contributed by atoms with van der Waals surface area (Å²) < 4.78 is 0. The predicted molar refractivity (Wildman–Crippen MR) is 117 cm³/mol. The molecule has 0 fully saturated rings. The van der Waals surface area contributed by atoms with Gasteiger partial charge in [0.1, 0.15) is 17.3 Å². The minimum atomic E-state index is -0.301. The topological polar surface area (TPSA) is 82.0 Å². The van der Waals surface area contributed by atoms with E-state index in [1.807, 2.05) is 30.3 Å². The molecule has 3 aromatic rings. The molecule has 1 aliphatic heterocycles. The zero-order valence-corrected chi connectivity index (χ0v) is 16.2. The lowest BCUT2D eigenvalue weighted by molar-refractivity contribution is -0.114. The van der Waals surface area contributed by atoms with Crippen molar-refractivity contribution < 1.29 is 14.7 Å². The van der Waals surface area contributed by atoms with Gasteiger partial charge < -0.3 is 10.4 Å². The second kappa shape index (κ2) is 8.05. The number of carbonyl (C=O) groups excluding carboxylic acids is 2. The van der Waals surface area contributed by atoms with E-state index in [-0.39, 0.29) is 23.3 Å². The van der Waals surface area contributed by atoms with Crippen LogP contribution in [0.25, 0.3) is 6.08 Å². The molecule has 0 bridgehead atoms. The Morgan fingerprint density at radius 2 is 1.63 bits per heavy atom. The Labute approximate surface area is 173 Å². The fraction of sp³-hybridized carbons (Fsp3) is 0.0417. The van der Waals surface area contributed by atoms with Gasteiger partial charge in [-0.2, -0.15) is 0 Å². The van der Waals surface area contributed by atoms with Gasteiger partial charge in [0.15, 0.2) is 0 Å². The minimum Gasteiger partial charge on any atom is -0.507 e. The molecule has 0 atom stereocenters. The van der Waals surface area contributed by atoms with E-state index in [1.54, 1.807) is 54.6 Å². The number of phenolic OH excluding ortho intramolecular Hbond substituents is 1. The molecule has 1 heterocycles. The Kier molecular flexibility index (Phi) is 5.13. The summed E-state index contributed by atoms with van der Waals surface area (Å²) in [5.41, 5.74) is 2.79. The number of para-hydroxylation sites is 1. The van der Waals surface area contributed by atoms with Crippen molar-refractivity contribution >= 4 is 35.1 Å². The van der Waals surface area contributed by atoms with Crippen LogP contribution in [0.4, 0.5) is 11.4 Å². The summed E-state index contributed by atoms with van der Waals surface area (Å²) >= 11 is 0. The summed E-state index contributed by atoms with van der Waals surface area (Å²) in [6.45, 7) is 1.44. The number of phenols is 1. The SMILES string of the molecule is CC(=O)Nc1ccc(N2C(=O)/C(=C/c3ccccc3O)N=C2c2ccccc2)cc1. The van der Waals surface area contributed by atoms with Gasteiger partial charge in [0.25, 0.3) is 5.91 Å². The molecule has 2 amide bonds. The monoisotopic (exact) mass is 397 g/mol. The highest BCUT2D eigenvalue weighted by Gasteiger charge is 2.32. The van der Waals surface area contributed by atoms with Gasteiger partial charge in [-0.1, -0.05) is 48.5 Å². The second-order valence-electron chi connectivity index (χ2n) is 6.76. The van der Waals surface area contributed by atoms with Gasteiger partial charge in [0, 0.05) is 23.7 Å². The first kappa shape index (κ1) is 19.1. The van der Waals surface area contributed by atoms with Crippen LogP contribution in [-0.2, 0) is 9.59 Å². The molecule has 2 N–H and O–H groups in total. The van der Waals surface area contributed by atoms with E-state index in [1.165, 1.54) is 11.8 Å². The van der Waals surface area contributed by atoms with Crippen LogP contribution in [0.2, 0.25) is 0 Å². The molecule has 0 saturated heterocycles. The zero-order chi connectivity index (χ0) is 21.1. The van der Waals surface area contributed by atoms with Gasteiger partial charge in [0.05, 0.1) is 5.69 Å². The third-order valence-electron chi connectivity index (χ3n) is 4.57. The van der Waals surface area contributed by atoms with Gasteiger partial charge in [-0.05, 0) is 36.4 Å². The maximum Gasteiger partial charge on any atom is 0.282 e. The van der Waals surface area contributed by atoms with Crippen molar-refractivity contribution in [2.24, 2.45) is 4.99 Å². The molecule has 6 nitrogen and oxygen atoms in total. The number of nitrogens with one attached hydrogen (secondary N) is 1. The number of amidine groups is 1. The van der Waals surface area contributed by atoms with Crippen molar-refractivity contribution in [1.29, 1.82) is 0 Å². The Morgan fingerprint density at radius 1 is 0.967 bits per heavy atom. The van der Waals surface area contributed by atoms with Gasteiger partial charge in [-0.25, -0.2) is 4.99 Å². The average Bonchev–Trinajstić information content (AvgIpc) is 3.07. The van der Waals surface area contributed by atoms with Crippen LogP contribution < -0.4 is 10.2 Å². The lowest BCUT2D eigenvalue weighted by Crippen LogP contribution is -2.32. The molecule has 0 unspecified atom stereocenters. The highest BCUT2D eigenvalue weighted by Crippen LogP contribution is 2.30. The Bertz CT molecular complexity index is 1170. The normalized spacial score (nSPS) is 14.7. The molecule has 0 spiro atoms. The fourth-order valence-electron chi connectivity index (χ4n) is 3.19. The maximum atomic E-state index is 13.3. The average molecular weight is 397 g/mol. The van der Waals surface area contributed by atoms with E-state index in [2.05, 4.69) is 10.3 Å². The zero-order valence-electron chi connectivity index (χ0n) is 16.2. The molecule has 6 heteroatoms. The number of aliphatic imine (C=N–C) groups is 1. The molecular weight excluding hydrogens is 378 g/mol. The number of hydrogen-bond acceptors (Lipinski definition) is 4. The lowest BCUT2D eigenvalue weighted by Gasteiger charge is -2.19. The fourth-order valence-corrected chi connectivity index (χ4v) is 3.19. The van der Waals surface area contributed by atoms with Crippen LogP contribution in [0, 0.1) is 0 Å². The van der Waals surface area contributed by atoms with E-state index in [9.17, 15) is 14.7 Å². The number of anilines is 2. The summed E-state index contributed by atoms with van der Waals surface area (Å²) in [6.07, 6.45) is 1.58. The first-order valence-electron chi connectivity index (χ1n) is 9.39. The van der Waals surface area contributed by atoms with Crippen molar-refractivity contribution in [2.75, 3.05) is 10.2 Å². The lowest BCUT2D eigenvalue weighted by atomic mass is 10.1. The number of amides is 2. The molecule has 0 radical (unpaired) electrons. The summed E-state index contributed by atoms with van der Waals surface area (Å²) in [5, 5.41) is 12.8. The van der Waals surface area contributed by atoms with E-state index in [0.717, 1.165) is 5.56 Å². The van der Waals surface area contributed by atoms with E-state index in [4.69, 9.17) is 0 Å². The van der Waals surface area contributed by atoms with Gasteiger partial charge >= 0.3 is 0 Å². The van der Waals surface area contributed by atoms with Crippen LogP contribution in [0.15, 0.2) is 89.6 Å². The molecule has 0 saturated carbocycles. The van der Waals surface area contributed by atoms with Crippen LogP contribution >= 0.6 is 0 Å². The van der Waals surface area contributed by atoms with Crippen LogP contribution in [0.1, 0.15) is 18.1 Å². The van der Waals surface area contributed by atoms with Crippen molar-refractivity contribution in [3.05, 3.63) is 95.7 Å². The molecule has 148 valence electrons. The summed E-state index contributed by atoms with van der Waals surface area (Å²) in [6, 6.07) is 23.2. The number of nitrogens with zero attached hydrogens (tertiary/aromatic N) is 2. The van der Waals surface area contributed by atoms with E-state index in [0.29, 0.717) is 22.8 Å². The molecule has 0 aliphatic carbocycles. The van der Waals surface area contributed by atoms with Crippen LogP contribution in [0.5, 0.6) is 5.75 Å². The Morgan fingerprint density at radius 3 is 2.30 bits per heavy atom. The highest BCUT2D eigenvalue weighted by atomic mass is 16.3. The third kappa shape index (κ3) is 3.84. The molecule has 4 rings (SSSR count). The molecule has 3 aromatic carbocycles. The standard InChI is InChI=1S/C24H19N3O3/c1-16(28)25-19-11-13-20(14-12-19)27-23(17-7-3-2-4-8-17)26-21(24(27)30)15-18-9-5-6-10-22(18)29/h2-15,29H,1H3,(H,25,28)/b21-15-. The highest BCUT2D eigenvalue weighted by molar-refractivity contribution is 6.33. The van der Waals surface area contributed by atoms with Crippen molar-refractivity contribution in [3.63, 3.8) is 0 Å². The summed E-state index contributed by atoms with van der Waals surface area (Å²) in [4.78, 5) is 30.6. The number of rotatable bonds is 4. The predicted octanol–water partition coefficient (Wildman–Crippen LogP) is 4.19. The molecule has 30 heavy (non-hydrogen) atoms. The molecular formula is C24H19N3O3. The molecule has 1 aliphatic rings. The number of hydrogen-bond donors (Lipinski definition) is 2. The second-order valence-corrected chi connectivity index (χ2v) is 6.76. The third-order valence-corrected chi connectivity index (χ3v) is 4.57. The van der Waals surface area contributed by atoms with E-state index < -0.39 is 0 Å². The van der Waals surface area contributed by atoms with E-state index >= 15 is 0 Å². The van der Waals surface area contributed by atoms with Gasteiger partial charge in [0.2, 0.25) is 5.91 Å². The smallest absolute Gasteiger partial charge is 0.282 e. The quantitative estimate of drug-likeness (QED) is 0.648. The van der Waals surface area contributed by atoms with Crippen LogP contribution in [0.3, 0.4) is 0 Å². The van der Waals surface area contributed by atoms with Crippen LogP contribution in [-0.4, -0.2) is 22.8 Å². The van der Waals surface area contributed by atoms with Gasteiger partial charge in [-0.15, -0.1) is 0 Å². The maximum absolute atomic E-state index is 13.3. The number of aromatic hydroxyl groups is 1. The molecule has 0 aromatic heterocycles. The van der Waals surface area contributed by atoms with Crippen molar-refractivity contribution in [3.8, 4) is 5.75 Å². The first-order valence-corrected chi connectivity index (χ1v) is 9.39. The largest absolute Gasteiger partial charge is 0.507 e. The summed E-state index contributed by atoms with van der Waals surface area (Å²) in [7, 11) is 0. The Balaban J connectivity index is 1.77. The number of carbonyl (C=O) groups is 2. The Hall–Kier alpha value is -4.19. The van der Waals surface area contributed by atoms with Gasteiger partial charge in [-0.3, -0.25) is 14.5 Å². The van der Waals surface area contributed by atoms with Crippen molar-refractivity contribution in [2.45, 2.75) is 6.92 Å². The van der Waals surface area contributed by atoms with Crippen molar-refractivity contribution in [1.82, 2.24) is 0 Å². The minimum absolute atomic E-state index is 0.0763. The first-order chi connectivity index (χ1) is 14.5.